The van der Waals surface area contributed by atoms with Crippen LogP contribution >= 0.6 is 0 Å². The zero-order chi connectivity index (χ0) is 32.3. The van der Waals surface area contributed by atoms with E-state index in [-0.39, 0.29) is 11.5 Å². The maximum atomic E-state index is 14.4. The number of benzene rings is 3. The smallest absolute Gasteiger partial charge is 0.281 e. The molecule has 0 aliphatic heterocycles. The molecule has 1 amide bonds. The molecule has 1 N–H and O–H groups in total. The predicted molar refractivity (Wildman–Crippen MR) is 174 cm³/mol. The second kappa shape index (κ2) is 12.8. The van der Waals surface area contributed by atoms with Gasteiger partial charge in [0, 0.05) is 23.2 Å². The number of hydrogen-bond acceptors (Lipinski definition) is 8. The van der Waals surface area contributed by atoms with Gasteiger partial charge in [0.1, 0.15) is 23.1 Å². The Balaban J connectivity index is 1.13. The molecule has 0 bridgehead atoms. The molecule has 7 rings (SSSR count). The van der Waals surface area contributed by atoms with Crippen LogP contribution in [0, 0.1) is 11.7 Å². The summed E-state index contributed by atoms with van der Waals surface area (Å²) in [5.74, 6) is 2.31. The lowest BCUT2D eigenvalue weighted by Crippen LogP contribution is -2.15. The molecule has 1 fully saturated rings. The molecule has 0 spiro atoms. The molecule has 0 atom stereocenters. The van der Waals surface area contributed by atoms with E-state index in [2.05, 4.69) is 20.4 Å². The number of nitrogens with one attached hydrogen (secondary N) is 1. The number of rotatable bonds is 11. The molecule has 1 saturated carbocycles. The van der Waals surface area contributed by atoms with Crippen molar-refractivity contribution in [2.45, 2.75) is 12.8 Å². The Morgan fingerprint density at radius 2 is 1.72 bits per heavy atom. The summed E-state index contributed by atoms with van der Waals surface area (Å²) in [6.45, 7) is 0.480. The van der Waals surface area contributed by atoms with E-state index < -0.39 is 5.91 Å². The number of anilines is 1. The molecule has 11 heteroatoms. The summed E-state index contributed by atoms with van der Waals surface area (Å²) >= 11 is 0. The van der Waals surface area contributed by atoms with Crippen molar-refractivity contribution in [1.29, 1.82) is 0 Å². The quantitative estimate of drug-likeness (QED) is 0.157. The predicted octanol–water partition coefficient (Wildman–Crippen LogP) is 7.47. The number of hydrogen-bond donors (Lipinski definition) is 1. The van der Waals surface area contributed by atoms with E-state index in [1.807, 2.05) is 30.3 Å². The number of ether oxygens (including phenoxy) is 4. The zero-order valence-corrected chi connectivity index (χ0v) is 25.6. The van der Waals surface area contributed by atoms with Crippen LogP contribution in [-0.2, 0) is 0 Å². The number of nitrogens with zero attached hydrogens (tertiary/aromatic N) is 4. The van der Waals surface area contributed by atoms with E-state index in [4.69, 9.17) is 18.9 Å². The molecule has 47 heavy (non-hydrogen) atoms. The van der Waals surface area contributed by atoms with Gasteiger partial charge in [0.2, 0.25) is 0 Å². The highest BCUT2D eigenvalue weighted by molar-refractivity contribution is 6.04. The topological polar surface area (TPSA) is 110 Å². The molecule has 0 radical (unpaired) electrons. The lowest BCUT2D eigenvalue weighted by atomic mass is 10.0. The Labute approximate surface area is 269 Å². The Morgan fingerprint density at radius 1 is 0.915 bits per heavy atom. The molecule has 10 nitrogen and oxygen atoms in total. The van der Waals surface area contributed by atoms with Crippen LogP contribution in [0.1, 0.15) is 23.3 Å². The third-order valence-electron chi connectivity index (χ3n) is 7.77. The Hall–Kier alpha value is -5.97. The SMILES string of the molecule is COc1cc2nccc(Oc3ccc(NC(=O)c4nn(-c5ccc(F)cc5-c5ccccc5)cc4OCC4CC4)nc3)c2cc1OC. The number of halogens is 1. The molecule has 0 saturated heterocycles. The van der Waals surface area contributed by atoms with Crippen molar-refractivity contribution in [3.8, 4) is 45.6 Å². The van der Waals surface area contributed by atoms with E-state index in [0.29, 0.717) is 63.9 Å². The van der Waals surface area contributed by atoms with E-state index in [9.17, 15) is 9.18 Å². The highest BCUT2D eigenvalue weighted by Gasteiger charge is 2.26. The third-order valence-corrected chi connectivity index (χ3v) is 7.77. The average molecular weight is 632 g/mol. The van der Waals surface area contributed by atoms with Gasteiger partial charge in [-0.3, -0.25) is 9.78 Å². The Bertz CT molecular complexity index is 2060. The van der Waals surface area contributed by atoms with Crippen molar-refractivity contribution in [2.24, 2.45) is 5.92 Å². The average Bonchev–Trinajstić information content (AvgIpc) is 3.84. The van der Waals surface area contributed by atoms with Gasteiger partial charge in [0.25, 0.3) is 5.91 Å². The van der Waals surface area contributed by atoms with Gasteiger partial charge >= 0.3 is 0 Å². The van der Waals surface area contributed by atoms with E-state index >= 15 is 0 Å². The largest absolute Gasteiger partial charge is 0.493 e. The van der Waals surface area contributed by atoms with Crippen LogP contribution in [0.2, 0.25) is 0 Å². The summed E-state index contributed by atoms with van der Waals surface area (Å²) in [5.41, 5.74) is 2.81. The van der Waals surface area contributed by atoms with Crippen LogP contribution in [0.15, 0.2) is 97.5 Å². The molecule has 1 aliphatic carbocycles. The van der Waals surface area contributed by atoms with Gasteiger partial charge in [-0.25, -0.2) is 14.1 Å². The van der Waals surface area contributed by atoms with Gasteiger partial charge in [-0.2, -0.15) is 5.10 Å². The highest BCUT2D eigenvalue weighted by atomic mass is 19.1. The third kappa shape index (κ3) is 6.41. The minimum Gasteiger partial charge on any atom is -0.493 e. The second-order valence-electron chi connectivity index (χ2n) is 11.0. The van der Waals surface area contributed by atoms with Gasteiger partial charge < -0.3 is 24.3 Å². The van der Waals surface area contributed by atoms with Crippen molar-refractivity contribution in [1.82, 2.24) is 19.7 Å². The standard InChI is InChI=1S/C36H30FN5O5/c1-44-31-17-27-28(18-32(31)45-2)38-15-14-30(27)47-25-11-13-34(39-19-25)40-36(43)35-33(46-21-22-8-9-22)20-42(41-35)29-12-10-24(37)16-26(29)23-6-4-3-5-7-23/h3-7,10-20,22H,8-9,21H2,1-2H3,(H,39,40,43). The first kappa shape index (κ1) is 29.7. The van der Waals surface area contributed by atoms with Crippen LogP contribution in [0.4, 0.5) is 10.2 Å². The number of fused-ring (bicyclic) bond motifs is 1. The van der Waals surface area contributed by atoms with Crippen LogP contribution in [0.25, 0.3) is 27.7 Å². The fraction of sp³-hybridized carbons (Fsp3) is 0.167. The number of amides is 1. The minimum atomic E-state index is -0.500. The van der Waals surface area contributed by atoms with Crippen molar-refractivity contribution in [3.63, 3.8) is 0 Å². The number of aromatic nitrogens is 4. The van der Waals surface area contributed by atoms with E-state index in [1.165, 1.54) is 18.3 Å². The number of pyridine rings is 2. The highest BCUT2D eigenvalue weighted by Crippen LogP contribution is 2.37. The lowest BCUT2D eigenvalue weighted by molar-refractivity contribution is 0.101. The molecule has 0 unspecified atom stereocenters. The summed E-state index contributed by atoms with van der Waals surface area (Å²) in [5, 5.41) is 8.14. The molecule has 3 aromatic carbocycles. The fourth-order valence-corrected chi connectivity index (χ4v) is 5.15. The first-order valence-electron chi connectivity index (χ1n) is 15.0. The fourth-order valence-electron chi connectivity index (χ4n) is 5.15. The van der Waals surface area contributed by atoms with Crippen LogP contribution in [0.5, 0.6) is 28.7 Å². The van der Waals surface area contributed by atoms with Gasteiger partial charge in [-0.05, 0) is 66.8 Å². The Kier molecular flexibility index (Phi) is 8.09. The maximum Gasteiger partial charge on any atom is 0.281 e. The number of methoxy groups -OCH3 is 2. The van der Waals surface area contributed by atoms with E-state index in [1.54, 1.807) is 67.7 Å². The maximum absolute atomic E-state index is 14.4. The number of carbonyl (C=O) groups excluding carboxylic acids is 1. The zero-order valence-electron chi connectivity index (χ0n) is 25.6. The first-order chi connectivity index (χ1) is 23.0. The summed E-state index contributed by atoms with van der Waals surface area (Å²) < 4.78 is 38.9. The van der Waals surface area contributed by atoms with Gasteiger partial charge in [-0.15, -0.1) is 0 Å². The number of carbonyl (C=O) groups is 1. The molecule has 6 aromatic rings. The van der Waals surface area contributed by atoms with Gasteiger partial charge in [0.15, 0.2) is 22.9 Å². The molecule has 3 aromatic heterocycles. The van der Waals surface area contributed by atoms with Crippen molar-refractivity contribution < 1.29 is 28.1 Å². The Morgan fingerprint density at radius 3 is 2.47 bits per heavy atom. The minimum absolute atomic E-state index is 0.0868. The lowest BCUT2D eigenvalue weighted by Gasteiger charge is -2.12. The van der Waals surface area contributed by atoms with Crippen molar-refractivity contribution in [3.05, 3.63) is 109 Å². The summed E-state index contributed by atoms with van der Waals surface area (Å²) in [7, 11) is 3.13. The van der Waals surface area contributed by atoms with Gasteiger partial charge in [-0.1, -0.05) is 30.3 Å². The molecule has 1 aliphatic rings. The van der Waals surface area contributed by atoms with Crippen molar-refractivity contribution in [2.75, 3.05) is 26.1 Å². The monoisotopic (exact) mass is 631 g/mol. The summed E-state index contributed by atoms with van der Waals surface area (Å²) in [6.07, 6.45) is 6.98. The van der Waals surface area contributed by atoms with Gasteiger partial charge in [0.05, 0.1) is 44.4 Å². The first-order valence-corrected chi connectivity index (χ1v) is 15.0. The molecular weight excluding hydrogens is 601 g/mol. The summed E-state index contributed by atoms with van der Waals surface area (Å²) in [4.78, 5) is 22.4. The molecule has 236 valence electrons. The normalized spacial score (nSPS) is 12.5. The summed E-state index contributed by atoms with van der Waals surface area (Å²) in [6, 6.07) is 22.6. The van der Waals surface area contributed by atoms with Crippen LogP contribution in [0.3, 0.4) is 0 Å². The van der Waals surface area contributed by atoms with Crippen molar-refractivity contribution >= 4 is 22.6 Å². The molecule has 3 heterocycles. The molecular formula is C36H30FN5O5. The second-order valence-corrected chi connectivity index (χ2v) is 11.0. The van der Waals surface area contributed by atoms with Crippen LogP contribution in [-0.4, -0.2) is 46.5 Å². The van der Waals surface area contributed by atoms with Crippen LogP contribution < -0.4 is 24.3 Å². The van der Waals surface area contributed by atoms with E-state index in [0.717, 1.165) is 23.8 Å².